The molecule has 0 spiro atoms. The van der Waals surface area contributed by atoms with Crippen molar-refractivity contribution in [1.82, 2.24) is 16.2 Å². The molecule has 1 aliphatic heterocycles. The third-order valence-corrected chi connectivity index (χ3v) is 1.67. The Morgan fingerprint density at radius 3 is 2.67 bits per heavy atom. The fourth-order valence-corrected chi connectivity index (χ4v) is 1.11. The predicted octanol–water partition coefficient (Wildman–Crippen LogP) is -0.963. The Morgan fingerprint density at radius 1 is 1.42 bits per heavy atom. The summed E-state index contributed by atoms with van der Waals surface area (Å²) in [6.45, 7) is 0.811. The number of nitrogens with one attached hydrogen (secondary N) is 3. The molecule has 0 aromatic heterocycles. The molecule has 0 aromatic carbocycles. The molecule has 0 bridgehead atoms. The van der Waals surface area contributed by atoms with Crippen LogP contribution in [0.15, 0.2) is 0 Å². The summed E-state index contributed by atoms with van der Waals surface area (Å²) in [6.07, 6.45) is 0.444. The fourth-order valence-electron chi connectivity index (χ4n) is 1.11. The van der Waals surface area contributed by atoms with Crippen LogP contribution in [0.2, 0.25) is 0 Å². The summed E-state index contributed by atoms with van der Waals surface area (Å²) in [7, 11) is 0. The molecule has 0 aromatic rings. The highest BCUT2D eigenvalue weighted by atomic mass is 16.4. The van der Waals surface area contributed by atoms with Gasteiger partial charge in [0.1, 0.15) is 0 Å². The first kappa shape index (κ1) is 8.79. The van der Waals surface area contributed by atoms with E-state index in [4.69, 9.17) is 5.11 Å². The lowest BCUT2D eigenvalue weighted by molar-refractivity contribution is -0.123. The standard InChI is InChI=1S/C6H11N3O3/c10-5(8-9-6(11)12)4-2-1-3-7-4/h4,7,9H,1-3H2,(H,8,10)(H,11,12)/t4-/m0/s1. The third-order valence-electron chi connectivity index (χ3n) is 1.67. The quantitative estimate of drug-likeness (QED) is 0.384. The summed E-state index contributed by atoms with van der Waals surface area (Å²) in [4.78, 5) is 21.0. The van der Waals surface area contributed by atoms with Crippen LogP contribution in [0.1, 0.15) is 12.8 Å². The summed E-state index contributed by atoms with van der Waals surface area (Å²) >= 11 is 0. The molecule has 6 heteroatoms. The van der Waals surface area contributed by atoms with E-state index in [2.05, 4.69) is 10.7 Å². The number of hydrazine groups is 1. The van der Waals surface area contributed by atoms with Gasteiger partial charge >= 0.3 is 6.09 Å². The topological polar surface area (TPSA) is 90.5 Å². The van der Waals surface area contributed by atoms with Crippen molar-refractivity contribution in [3.8, 4) is 0 Å². The molecule has 1 rings (SSSR count). The molecule has 1 atom stereocenters. The number of carboxylic acid groups (broad SMARTS) is 1. The second-order valence-electron chi connectivity index (χ2n) is 2.57. The maximum atomic E-state index is 11.1. The first-order valence-corrected chi connectivity index (χ1v) is 3.72. The van der Waals surface area contributed by atoms with Gasteiger partial charge in [0.15, 0.2) is 0 Å². The van der Waals surface area contributed by atoms with Gasteiger partial charge < -0.3 is 10.4 Å². The van der Waals surface area contributed by atoms with Crippen LogP contribution in [0.4, 0.5) is 4.79 Å². The molecule has 0 unspecified atom stereocenters. The van der Waals surface area contributed by atoms with Gasteiger partial charge in [0.25, 0.3) is 5.91 Å². The van der Waals surface area contributed by atoms with E-state index in [0.717, 1.165) is 19.4 Å². The van der Waals surface area contributed by atoms with E-state index in [0.29, 0.717) is 0 Å². The van der Waals surface area contributed by atoms with Crippen molar-refractivity contribution in [3.63, 3.8) is 0 Å². The first-order chi connectivity index (χ1) is 5.70. The molecule has 68 valence electrons. The van der Waals surface area contributed by atoms with E-state index >= 15 is 0 Å². The normalized spacial score (nSPS) is 21.8. The second-order valence-corrected chi connectivity index (χ2v) is 2.57. The van der Waals surface area contributed by atoms with Crippen LogP contribution >= 0.6 is 0 Å². The van der Waals surface area contributed by atoms with Gasteiger partial charge in [0.05, 0.1) is 6.04 Å². The van der Waals surface area contributed by atoms with Crippen LogP contribution < -0.4 is 16.2 Å². The predicted molar refractivity (Wildman–Crippen MR) is 40.3 cm³/mol. The minimum Gasteiger partial charge on any atom is -0.464 e. The van der Waals surface area contributed by atoms with Gasteiger partial charge in [0.2, 0.25) is 0 Å². The number of carbonyl (C=O) groups excluding carboxylic acids is 1. The Hall–Kier alpha value is -1.30. The van der Waals surface area contributed by atoms with Crippen LogP contribution in [0, 0.1) is 0 Å². The maximum Gasteiger partial charge on any atom is 0.423 e. The largest absolute Gasteiger partial charge is 0.464 e. The summed E-state index contributed by atoms with van der Waals surface area (Å²) in [6, 6.07) is -0.253. The molecule has 12 heavy (non-hydrogen) atoms. The third kappa shape index (κ3) is 2.39. The molecule has 6 nitrogen and oxygen atoms in total. The van der Waals surface area contributed by atoms with Crippen LogP contribution in [-0.4, -0.2) is 29.7 Å². The Kier molecular flexibility index (Phi) is 2.87. The number of hydrogen-bond donors (Lipinski definition) is 4. The number of amides is 2. The van der Waals surface area contributed by atoms with Crippen LogP contribution in [-0.2, 0) is 4.79 Å². The number of hydrogen-bond acceptors (Lipinski definition) is 3. The minimum atomic E-state index is -1.26. The molecular weight excluding hydrogens is 162 g/mol. The highest BCUT2D eigenvalue weighted by molar-refractivity contribution is 5.83. The summed E-state index contributed by atoms with van der Waals surface area (Å²) in [5.74, 6) is -0.324. The SMILES string of the molecule is O=C(O)NNC(=O)[C@@H]1CCCN1. The Bertz CT molecular complexity index is 188. The van der Waals surface area contributed by atoms with Crippen molar-refractivity contribution < 1.29 is 14.7 Å². The molecule has 2 amide bonds. The molecule has 1 fully saturated rings. The van der Waals surface area contributed by atoms with Gasteiger partial charge in [-0.25, -0.2) is 10.2 Å². The van der Waals surface area contributed by atoms with Crippen molar-refractivity contribution in [1.29, 1.82) is 0 Å². The van der Waals surface area contributed by atoms with Gasteiger partial charge in [-0.3, -0.25) is 10.2 Å². The zero-order valence-electron chi connectivity index (χ0n) is 6.46. The number of rotatable bonds is 1. The minimum absolute atomic E-state index is 0.253. The Balaban J connectivity index is 2.23. The second kappa shape index (κ2) is 3.91. The number of carbonyl (C=O) groups is 2. The highest BCUT2D eigenvalue weighted by Gasteiger charge is 2.21. The maximum absolute atomic E-state index is 11.1. The van der Waals surface area contributed by atoms with Crippen molar-refractivity contribution in [3.05, 3.63) is 0 Å². The van der Waals surface area contributed by atoms with Gasteiger partial charge in [0, 0.05) is 0 Å². The van der Waals surface area contributed by atoms with Gasteiger partial charge in [-0.2, -0.15) is 0 Å². The molecule has 1 heterocycles. The van der Waals surface area contributed by atoms with E-state index in [-0.39, 0.29) is 11.9 Å². The van der Waals surface area contributed by atoms with E-state index in [1.165, 1.54) is 0 Å². The summed E-state index contributed by atoms with van der Waals surface area (Å²) in [5.41, 5.74) is 3.87. The van der Waals surface area contributed by atoms with Gasteiger partial charge in [-0.05, 0) is 19.4 Å². The van der Waals surface area contributed by atoms with Crippen molar-refractivity contribution in [2.45, 2.75) is 18.9 Å². The van der Waals surface area contributed by atoms with E-state index in [1.807, 2.05) is 0 Å². The van der Waals surface area contributed by atoms with Crippen LogP contribution in [0.25, 0.3) is 0 Å². The van der Waals surface area contributed by atoms with Gasteiger partial charge in [-0.1, -0.05) is 0 Å². The lowest BCUT2D eigenvalue weighted by Gasteiger charge is -2.09. The average Bonchev–Trinajstić information content (AvgIpc) is 2.51. The zero-order valence-corrected chi connectivity index (χ0v) is 6.46. The Labute approximate surface area is 69.3 Å². The Morgan fingerprint density at radius 2 is 2.17 bits per heavy atom. The molecule has 4 N–H and O–H groups in total. The van der Waals surface area contributed by atoms with E-state index in [1.54, 1.807) is 5.43 Å². The first-order valence-electron chi connectivity index (χ1n) is 3.72. The van der Waals surface area contributed by atoms with Crippen molar-refractivity contribution >= 4 is 12.0 Å². The molecule has 0 radical (unpaired) electrons. The molecule has 1 aliphatic rings. The molecular formula is C6H11N3O3. The lowest BCUT2D eigenvalue weighted by Crippen LogP contribution is -2.48. The zero-order chi connectivity index (χ0) is 8.97. The average molecular weight is 173 g/mol. The molecule has 1 saturated heterocycles. The van der Waals surface area contributed by atoms with Crippen LogP contribution in [0.5, 0.6) is 0 Å². The monoisotopic (exact) mass is 173 g/mol. The molecule has 0 saturated carbocycles. The lowest BCUT2D eigenvalue weighted by atomic mass is 10.2. The van der Waals surface area contributed by atoms with Crippen LogP contribution in [0.3, 0.4) is 0 Å². The van der Waals surface area contributed by atoms with Crippen molar-refractivity contribution in [2.75, 3.05) is 6.54 Å². The smallest absolute Gasteiger partial charge is 0.423 e. The van der Waals surface area contributed by atoms with Gasteiger partial charge in [-0.15, -0.1) is 0 Å². The van der Waals surface area contributed by atoms with E-state index < -0.39 is 6.09 Å². The summed E-state index contributed by atoms with van der Waals surface area (Å²) < 4.78 is 0. The fraction of sp³-hybridized carbons (Fsp3) is 0.667. The molecule has 0 aliphatic carbocycles. The summed E-state index contributed by atoms with van der Waals surface area (Å²) in [5, 5.41) is 11.1. The highest BCUT2D eigenvalue weighted by Crippen LogP contribution is 2.03. The van der Waals surface area contributed by atoms with E-state index in [9.17, 15) is 9.59 Å². The van der Waals surface area contributed by atoms with Crippen molar-refractivity contribution in [2.24, 2.45) is 0 Å².